The van der Waals surface area contributed by atoms with Crippen molar-refractivity contribution in [2.24, 2.45) is 0 Å². The van der Waals surface area contributed by atoms with Gasteiger partial charge in [-0.2, -0.15) is 11.8 Å². The number of hydrogen-bond donors (Lipinski definition) is 2. The predicted molar refractivity (Wildman–Crippen MR) is 173 cm³/mol. The largest absolute Gasteiger partial charge is 0.573 e. The highest BCUT2D eigenvalue weighted by Crippen LogP contribution is 2.25. The summed E-state index contributed by atoms with van der Waals surface area (Å²) >= 11 is 1.50. The Morgan fingerprint density at radius 3 is 2.54 bits per heavy atom. The number of carbonyl (C=O) groups is 3. The Labute approximate surface area is 280 Å². The van der Waals surface area contributed by atoms with Gasteiger partial charge in [-0.05, 0) is 81.9 Å². The van der Waals surface area contributed by atoms with Crippen molar-refractivity contribution in [3.63, 3.8) is 0 Å². The van der Waals surface area contributed by atoms with Crippen LogP contribution in [0.1, 0.15) is 57.8 Å². The Morgan fingerprint density at radius 1 is 1.17 bits per heavy atom. The van der Waals surface area contributed by atoms with Gasteiger partial charge in [0.05, 0.1) is 6.54 Å². The molecule has 1 aliphatic rings. The molecular formula is C32H41F3N6O6S. The van der Waals surface area contributed by atoms with Crippen LogP contribution in [0, 0.1) is 0 Å². The van der Waals surface area contributed by atoms with Crippen LogP contribution in [0.25, 0.3) is 11.2 Å². The summed E-state index contributed by atoms with van der Waals surface area (Å²) < 4.78 is 49.2. The van der Waals surface area contributed by atoms with Gasteiger partial charge in [0.25, 0.3) is 0 Å². The highest BCUT2D eigenvalue weighted by atomic mass is 32.2. The lowest BCUT2D eigenvalue weighted by molar-refractivity contribution is -0.274. The van der Waals surface area contributed by atoms with Crippen LogP contribution in [0.2, 0.25) is 0 Å². The lowest BCUT2D eigenvalue weighted by Crippen LogP contribution is -2.61. The molecule has 2 aromatic heterocycles. The smallest absolute Gasteiger partial charge is 0.480 e. The van der Waals surface area contributed by atoms with E-state index in [1.165, 1.54) is 41.0 Å². The highest BCUT2D eigenvalue weighted by molar-refractivity contribution is 7.98. The minimum absolute atomic E-state index is 0.0461. The fourth-order valence-corrected chi connectivity index (χ4v) is 5.93. The molecule has 0 aliphatic carbocycles. The van der Waals surface area contributed by atoms with Gasteiger partial charge in [-0.25, -0.2) is 19.8 Å². The number of aryl methyl sites for hydroxylation is 1. The van der Waals surface area contributed by atoms with Gasteiger partial charge in [-0.15, -0.1) is 13.2 Å². The number of alkyl halides is 3. The third-order valence-corrected chi connectivity index (χ3v) is 8.21. The van der Waals surface area contributed by atoms with Crippen LogP contribution < -0.4 is 10.2 Å². The molecule has 16 heteroatoms. The van der Waals surface area contributed by atoms with Crippen molar-refractivity contribution in [3.05, 3.63) is 54.0 Å². The molecule has 2 amide bonds. The molecule has 1 saturated heterocycles. The zero-order valence-electron chi connectivity index (χ0n) is 27.3. The number of hydrogen-bond acceptors (Lipinski definition) is 9. The number of halogens is 3. The van der Waals surface area contributed by atoms with E-state index in [2.05, 4.69) is 20.1 Å². The Hall–Kier alpha value is -4.05. The van der Waals surface area contributed by atoms with Crippen LogP contribution in [0.4, 0.5) is 18.0 Å². The molecule has 0 spiro atoms. The first kappa shape index (κ1) is 36.8. The number of imidazole rings is 1. The molecule has 0 unspecified atom stereocenters. The second kappa shape index (κ2) is 15.9. The van der Waals surface area contributed by atoms with Gasteiger partial charge >= 0.3 is 18.4 Å². The molecule has 1 aliphatic heterocycles. The number of aliphatic carboxylic acids is 1. The number of carbonyl (C=O) groups excluding carboxylic acids is 2. The number of carboxylic acids is 1. The number of ether oxygens (including phenoxy) is 2. The molecule has 2 atom stereocenters. The van der Waals surface area contributed by atoms with Crippen LogP contribution in [-0.4, -0.2) is 96.7 Å². The summed E-state index contributed by atoms with van der Waals surface area (Å²) in [5.74, 6) is -0.789. The fraction of sp³-hybridized carbons (Fsp3) is 0.531. The van der Waals surface area contributed by atoms with Crippen molar-refractivity contribution >= 4 is 40.9 Å². The number of thioether (sulfide) groups is 1. The summed E-state index contributed by atoms with van der Waals surface area (Å²) in [7, 11) is 0. The van der Waals surface area contributed by atoms with Gasteiger partial charge in [-0.3, -0.25) is 15.0 Å². The number of piperidine rings is 1. The number of fused-ring (bicyclic) bond motifs is 1. The predicted octanol–water partition coefficient (Wildman–Crippen LogP) is 5.25. The van der Waals surface area contributed by atoms with Gasteiger partial charge in [0.15, 0.2) is 5.65 Å². The maximum absolute atomic E-state index is 13.5. The number of amides is 2. The molecular weight excluding hydrogens is 653 g/mol. The van der Waals surface area contributed by atoms with E-state index in [1.807, 2.05) is 6.26 Å². The monoisotopic (exact) mass is 694 g/mol. The second-order valence-electron chi connectivity index (χ2n) is 12.5. The second-order valence-corrected chi connectivity index (χ2v) is 13.4. The van der Waals surface area contributed by atoms with Gasteiger partial charge < -0.3 is 24.0 Å². The van der Waals surface area contributed by atoms with Crippen LogP contribution in [0.3, 0.4) is 0 Å². The van der Waals surface area contributed by atoms with Gasteiger partial charge in [0.2, 0.25) is 5.91 Å². The summed E-state index contributed by atoms with van der Waals surface area (Å²) in [6.07, 6.45) is -0.263. The molecule has 3 aromatic rings. The maximum atomic E-state index is 13.5. The standard InChI is InChI=1S/C32H41F3N6O6S/c1-31(2,3)47-30(45)39-17-6-7-22(20-39)41(25(29(43)44)15-18-48-4)38-27(42)14-13-26-37-24-8-5-16-36-28(24)40(26)19-21-9-11-23(12-10-21)46-32(33,34)35/h5,8-12,16,22,25H,6-7,13-15,17-20H2,1-4H3,(H,38,42)(H,43,44)/t22-,25-/m0/s1. The maximum Gasteiger partial charge on any atom is 0.573 e. The Balaban J connectivity index is 1.51. The zero-order chi connectivity index (χ0) is 35.1. The molecule has 4 rings (SSSR count). The molecule has 12 nitrogen and oxygen atoms in total. The van der Waals surface area contributed by atoms with E-state index in [9.17, 15) is 32.7 Å². The number of hydrazine groups is 1. The zero-order valence-corrected chi connectivity index (χ0v) is 28.1. The van der Waals surface area contributed by atoms with Gasteiger partial charge in [-0.1, -0.05) is 12.1 Å². The Morgan fingerprint density at radius 2 is 1.90 bits per heavy atom. The number of nitrogens with zero attached hydrogens (tertiary/aromatic N) is 5. The molecule has 2 N–H and O–H groups in total. The first-order valence-corrected chi connectivity index (χ1v) is 16.9. The Kier molecular flexibility index (Phi) is 12.2. The van der Waals surface area contributed by atoms with Crippen LogP contribution >= 0.6 is 11.8 Å². The Bertz CT molecular complexity index is 1560. The molecule has 0 bridgehead atoms. The molecule has 48 heavy (non-hydrogen) atoms. The summed E-state index contributed by atoms with van der Waals surface area (Å²) in [5, 5.41) is 11.7. The number of nitrogens with one attached hydrogen (secondary N) is 1. The number of likely N-dealkylation sites (tertiary alicyclic amines) is 1. The van der Waals surface area contributed by atoms with Crippen molar-refractivity contribution in [3.8, 4) is 5.75 Å². The average Bonchev–Trinajstić information content (AvgIpc) is 3.36. The van der Waals surface area contributed by atoms with Crippen molar-refractivity contribution in [1.29, 1.82) is 0 Å². The molecule has 262 valence electrons. The minimum Gasteiger partial charge on any atom is -0.480 e. The van der Waals surface area contributed by atoms with E-state index < -0.39 is 42.0 Å². The molecule has 3 heterocycles. The molecule has 0 saturated carbocycles. The summed E-state index contributed by atoms with van der Waals surface area (Å²) in [6.45, 7) is 6.19. The van der Waals surface area contributed by atoms with Gasteiger partial charge in [0.1, 0.15) is 28.7 Å². The van der Waals surface area contributed by atoms with E-state index in [4.69, 9.17) is 4.74 Å². The third kappa shape index (κ3) is 10.5. The van der Waals surface area contributed by atoms with Crippen molar-refractivity contribution < 1.29 is 42.1 Å². The molecule has 0 radical (unpaired) electrons. The third-order valence-electron chi connectivity index (χ3n) is 7.57. The van der Waals surface area contributed by atoms with Crippen molar-refractivity contribution in [1.82, 2.24) is 29.9 Å². The number of carboxylic acid groups (broad SMARTS) is 1. The van der Waals surface area contributed by atoms with Crippen molar-refractivity contribution in [2.75, 3.05) is 25.1 Å². The lowest BCUT2D eigenvalue weighted by Gasteiger charge is -2.41. The quantitative estimate of drug-likeness (QED) is 0.228. The minimum atomic E-state index is -4.80. The van der Waals surface area contributed by atoms with Crippen LogP contribution in [-0.2, 0) is 27.3 Å². The number of aromatic nitrogens is 3. The van der Waals surface area contributed by atoms with E-state index in [-0.39, 0.29) is 38.1 Å². The van der Waals surface area contributed by atoms with E-state index in [0.29, 0.717) is 47.7 Å². The summed E-state index contributed by atoms with van der Waals surface area (Å²) in [5.41, 5.74) is 3.94. The number of benzene rings is 1. The first-order chi connectivity index (χ1) is 22.6. The van der Waals surface area contributed by atoms with Crippen LogP contribution in [0.5, 0.6) is 5.75 Å². The fourth-order valence-electron chi connectivity index (χ4n) is 5.48. The lowest BCUT2D eigenvalue weighted by atomic mass is 10.0. The molecule has 1 aromatic carbocycles. The normalized spacial score (nSPS) is 16.2. The van der Waals surface area contributed by atoms with Crippen molar-refractivity contribution in [2.45, 2.75) is 83.5 Å². The van der Waals surface area contributed by atoms with E-state index in [0.717, 1.165) is 0 Å². The first-order valence-electron chi connectivity index (χ1n) is 15.6. The van der Waals surface area contributed by atoms with Crippen LogP contribution in [0.15, 0.2) is 42.6 Å². The summed E-state index contributed by atoms with van der Waals surface area (Å²) in [4.78, 5) is 49.4. The van der Waals surface area contributed by atoms with E-state index >= 15 is 0 Å². The van der Waals surface area contributed by atoms with E-state index in [1.54, 1.807) is 48.6 Å². The highest BCUT2D eigenvalue weighted by Gasteiger charge is 2.37. The average molecular weight is 695 g/mol. The number of pyridine rings is 1. The summed E-state index contributed by atoms with van der Waals surface area (Å²) in [6, 6.07) is 7.48. The molecule has 1 fully saturated rings. The number of rotatable bonds is 13. The topological polar surface area (TPSA) is 139 Å². The van der Waals surface area contributed by atoms with Gasteiger partial charge in [0, 0.05) is 38.2 Å². The SMILES string of the molecule is CSCC[C@@H](C(=O)O)N(NC(=O)CCc1nc2cccnc2n1Cc1ccc(OC(F)(F)F)cc1)[C@H]1CCCN(C(=O)OC(C)(C)C)C1.